The molecule has 2 N–H and O–H groups in total. The standard InChI is InChI=1S/C33H44N6O4/c1-23(22-43-3)39(33(41)42)21-25-10-8-24(9-11-25)19-35-32(40)28-18-30(36-29-7-5-4-6-27(28)29)26-12-13-31(34-20-26)38-16-14-37(2)15-17-38/h4-7,12-13,18,20,23-25H,8-11,14-17,19,21-22H2,1-3H3,(H,35,40)(H,41,42)/t23-,24-,25-/m0/s1. The maximum atomic E-state index is 13.5. The lowest BCUT2D eigenvalue weighted by molar-refractivity contribution is 0.0710. The molecule has 10 heteroatoms. The summed E-state index contributed by atoms with van der Waals surface area (Å²) < 4.78 is 5.17. The molecule has 2 amide bonds. The van der Waals surface area contributed by atoms with Gasteiger partial charge in [-0.05, 0) is 75.8 Å². The highest BCUT2D eigenvalue weighted by molar-refractivity contribution is 6.07. The number of hydrogen-bond acceptors (Lipinski definition) is 7. The van der Waals surface area contributed by atoms with E-state index in [9.17, 15) is 14.7 Å². The normalized spacial score (nSPS) is 20.1. The number of piperazine rings is 1. The zero-order valence-corrected chi connectivity index (χ0v) is 25.5. The molecule has 10 nitrogen and oxygen atoms in total. The number of rotatable bonds is 10. The number of carbonyl (C=O) groups is 2. The van der Waals surface area contributed by atoms with Gasteiger partial charge in [0.1, 0.15) is 5.82 Å². The predicted molar refractivity (Wildman–Crippen MR) is 169 cm³/mol. The number of fused-ring (bicyclic) bond motifs is 1. The Bertz CT molecular complexity index is 1380. The van der Waals surface area contributed by atoms with Crippen molar-refractivity contribution in [2.45, 2.75) is 38.6 Å². The van der Waals surface area contributed by atoms with Gasteiger partial charge in [0.15, 0.2) is 0 Å². The van der Waals surface area contributed by atoms with E-state index < -0.39 is 6.09 Å². The van der Waals surface area contributed by atoms with Crippen LogP contribution in [0, 0.1) is 11.8 Å². The molecule has 3 aromatic rings. The molecular formula is C33H44N6O4. The van der Waals surface area contributed by atoms with Crippen molar-refractivity contribution in [1.82, 2.24) is 25.1 Å². The number of likely N-dealkylation sites (N-methyl/N-ethyl adjacent to an activating group) is 1. The highest BCUT2D eigenvalue weighted by Gasteiger charge is 2.28. The molecule has 1 aliphatic carbocycles. The largest absolute Gasteiger partial charge is 0.465 e. The Hall–Kier alpha value is -3.76. The number of pyridine rings is 2. The van der Waals surface area contributed by atoms with Crippen LogP contribution < -0.4 is 10.2 Å². The highest BCUT2D eigenvalue weighted by atomic mass is 16.5. The summed E-state index contributed by atoms with van der Waals surface area (Å²) in [5.74, 6) is 1.55. The van der Waals surface area contributed by atoms with Crippen molar-refractivity contribution in [3.05, 3.63) is 54.2 Å². The third-order valence-corrected chi connectivity index (χ3v) is 8.99. The van der Waals surface area contributed by atoms with Gasteiger partial charge in [-0.3, -0.25) is 4.79 Å². The average Bonchev–Trinajstić information content (AvgIpc) is 3.03. The molecule has 0 unspecified atom stereocenters. The van der Waals surface area contributed by atoms with Gasteiger partial charge < -0.3 is 29.9 Å². The van der Waals surface area contributed by atoms with Crippen molar-refractivity contribution in [2.24, 2.45) is 11.8 Å². The first-order chi connectivity index (χ1) is 20.8. The summed E-state index contributed by atoms with van der Waals surface area (Å²) in [7, 11) is 3.73. The summed E-state index contributed by atoms with van der Waals surface area (Å²) in [6, 6.07) is 13.5. The van der Waals surface area contributed by atoms with Crippen LogP contribution in [-0.2, 0) is 4.74 Å². The van der Waals surface area contributed by atoms with Gasteiger partial charge in [0.05, 0.1) is 29.4 Å². The Morgan fingerprint density at radius 1 is 1.07 bits per heavy atom. The fourth-order valence-corrected chi connectivity index (χ4v) is 6.28. The molecule has 43 heavy (non-hydrogen) atoms. The number of aromatic nitrogens is 2. The molecule has 0 bridgehead atoms. The molecule has 3 heterocycles. The van der Waals surface area contributed by atoms with E-state index >= 15 is 0 Å². The van der Waals surface area contributed by atoms with E-state index in [1.54, 1.807) is 7.11 Å². The van der Waals surface area contributed by atoms with Crippen LogP contribution in [0.25, 0.3) is 22.2 Å². The number of nitrogens with one attached hydrogen (secondary N) is 1. The van der Waals surface area contributed by atoms with Crippen LogP contribution in [0.1, 0.15) is 43.0 Å². The summed E-state index contributed by atoms with van der Waals surface area (Å²) in [4.78, 5) is 41.0. The van der Waals surface area contributed by atoms with E-state index in [4.69, 9.17) is 14.7 Å². The smallest absolute Gasteiger partial charge is 0.407 e. The summed E-state index contributed by atoms with van der Waals surface area (Å²) in [6.07, 6.45) is 4.78. The lowest BCUT2D eigenvalue weighted by atomic mass is 9.81. The predicted octanol–water partition coefficient (Wildman–Crippen LogP) is 4.60. The fourth-order valence-electron chi connectivity index (χ4n) is 6.28. The molecular weight excluding hydrogens is 544 g/mol. The second-order valence-corrected chi connectivity index (χ2v) is 12.1. The van der Waals surface area contributed by atoms with E-state index in [0.717, 1.165) is 79.8 Å². The second kappa shape index (κ2) is 14.1. The lowest BCUT2D eigenvalue weighted by Gasteiger charge is -2.34. The van der Waals surface area contributed by atoms with Crippen molar-refractivity contribution in [1.29, 1.82) is 0 Å². The van der Waals surface area contributed by atoms with Gasteiger partial charge in [-0.25, -0.2) is 14.8 Å². The van der Waals surface area contributed by atoms with Gasteiger partial charge in [-0.2, -0.15) is 0 Å². The summed E-state index contributed by atoms with van der Waals surface area (Å²) in [5, 5.41) is 13.7. The number of carbonyl (C=O) groups excluding carboxylic acids is 1. The van der Waals surface area contributed by atoms with E-state index in [-0.39, 0.29) is 11.9 Å². The molecule has 5 rings (SSSR count). The first-order valence-corrected chi connectivity index (χ1v) is 15.4. The van der Waals surface area contributed by atoms with Crippen molar-refractivity contribution >= 4 is 28.7 Å². The second-order valence-electron chi connectivity index (χ2n) is 12.1. The molecule has 1 aliphatic heterocycles. The third kappa shape index (κ3) is 7.61. The van der Waals surface area contributed by atoms with Crippen molar-refractivity contribution in [3.63, 3.8) is 0 Å². The number of carboxylic acid groups (broad SMARTS) is 1. The zero-order chi connectivity index (χ0) is 30.3. The van der Waals surface area contributed by atoms with Gasteiger partial charge in [-0.15, -0.1) is 0 Å². The molecule has 1 saturated carbocycles. The number of methoxy groups -OCH3 is 1. The van der Waals surface area contributed by atoms with Gasteiger partial charge >= 0.3 is 6.09 Å². The van der Waals surface area contributed by atoms with Crippen LogP contribution in [0.2, 0.25) is 0 Å². The lowest BCUT2D eigenvalue weighted by Crippen LogP contribution is -2.44. The van der Waals surface area contributed by atoms with Gasteiger partial charge in [0, 0.05) is 63.5 Å². The van der Waals surface area contributed by atoms with Crippen molar-refractivity contribution in [3.8, 4) is 11.3 Å². The maximum Gasteiger partial charge on any atom is 0.407 e. The van der Waals surface area contributed by atoms with Gasteiger partial charge in [-0.1, -0.05) is 18.2 Å². The Morgan fingerprint density at radius 2 is 1.79 bits per heavy atom. The number of nitrogens with zero attached hydrogens (tertiary/aromatic N) is 5. The molecule has 1 saturated heterocycles. The number of para-hydroxylation sites is 1. The van der Waals surface area contributed by atoms with E-state index in [1.807, 2.05) is 55.6 Å². The number of anilines is 1. The van der Waals surface area contributed by atoms with Crippen LogP contribution >= 0.6 is 0 Å². The van der Waals surface area contributed by atoms with Crippen LogP contribution in [-0.4, -0.2) is 103 Å². The summed E-state index contributed by atoms with van der Waals surface area (Å²) in [5.41, 5.74) is 3.00. The van der Waals surface area contributed by atoms with Gasteiger partial charge in [0.25, 0.3) is 5.91 Å². The first-order valence-electron chi connectivity index (χ1n) is 15.4. The third-order valence-electron chi connectivity index (χ3n) is 8.99. The quantitative estimate of drug-likeness (QED) is 0.354. The Labute approximate surface area is 254 Å². The minimum atomic E-state index is -0.898. The highest BCUT2D eigenvalue weighted by Crippen LogP contribution is 2.30. The monoisotopic (exact) mass is 588 g/mol. The van der Waals surface area contributed by atoms with Crippen LogP contribution in [0.15, 0.2) is 48.7 Å². The molecule has 2 aromatic heterocycles. The Balaban J connectivity index is 1.22. The fraction of sp³-hybridized carbons (Fsp3) is 0.515. The molecule has 0 radical (unpaired) electrons. The van der Waals surface area contributed by atoms with Crippen molar-refractivity contribution in [2.75, 3.05) is 64.9 Å². The summed E-state index contributed by atoms with van der Waals surface area (Å²) >= 11 is 0. The number of amides is 2. The van der Waals surface area contributed by atoms with Gasteiger partial charge in [0.2, 0.25) is 0 Å². The van der Waals surface area contributed by atoms with Crippen molar-refractivity contribution < 1.29 is 19.4 Å². The minimum Gasteiger partial charge on any atom is -0.465 e. The minimum absolute atomic E-state index is 0.102. The molecule has 2 aliphatic rings. The van der Waals surface area contributed by atoms with Crippen LogP contribution in [0.5, 0.6) is 0 Å². The topological polar surface area (TPSA) is 111 Å². The molecule has 0 spiro atoms. The zero-order valence-electron chi connectivity index (χ0n) is 25.5. The summed E-state index contributed by atoms with van der Waals surface area (Å²) in [6.45, 7) is 7.34. The maximum absolute atomic E-state index is 13.5. The Kier molecular flexibility index (Phi) is 10.1. The Morgan fingerprint density at radius 3 is 2.47 bits per heavy atom. The molecule has 2 fully saturated rings. The van der Waals surface area contributed by atoms with E-state index in [0.29, 0.717) is 37.1 Å². The average molecular weight is 589 g/mol. The van der Waals surface area contributed by atoms with E-state index in [2.05, 4.69) is 22.2 Å². The molecule has 1 atom stereocenters. The SMILES string of the molecule is COC[C@H](C)N(C[C@H]1CC[C@H](CNC(=O)c2cc(-c3ccc(N4CCN(C)CC4)nc3)nc3ccccc23)CC1)C(=O)O. The first kappa shape index (κ1) is 30.7. The van der Waals surface area contributed by atoms with Crippen LogP contribution in [0.3, 0.4) is 0 Å². The molecule has 1 aromatic carbocycles. The molecule has 230 valence electrons. The number of benzene rings is 1. The van der Waals surface area contributed by atoms with E-state index in [1.165, 1.54) is 4.90 Å². The number of hydrogen-bond donors (Lipinski definition) is 2. The number of ether oxygens (including phenoxy) is 1. The van der Waals surface area contributed by atoms with Crippen LogP contribution in [0.4, 0.5) is 10.6 Å².